The smallest absolute Gasteiger partial charge is 0.433 e. The number of aliphatic hydroxyl groups is 1. The molecule has 0 atom stereocenters. The molecule has 0 radical (unpaired) electrons. The third kappa shape index (κ3) is 4.53. The van der Waals surface area contributed by atoms with Gasteiger partial charge in [0.25, 0.3) is 0 Å². The van der Waals surface area contributed by atoms with Crippen molar-refractivity contribution in [1.82, 2.24) is 9.97 Å². The first kappa shape index (κ1) is 18.4. The fourth-order valence-electron chi connectivity index (χ4n) is 1.69. The minimum Gasteiger partial charge on any atom is -0.505 e. The van der Waals surface area contributed by atoms with E-state index in [0.29, 0.717) is 6.07 Å². The predicted octanol–water partition coefficient (Wildman–Crippen LogP) is 3.66. The molecular weight excluding hydrogens is 372 g/mol. The maximum Gasteiger partial charge on any atom is 0.433 e. The summed E-state index contributed by atoms with van der Waals surface area (Å²) in [5.74, 6) is -0.819. The van der Waals surface area contributed by atoms with Gasteiger partial charge in [-0.2, -0.15) is 18.2 Å². The summed E-state index contributed by atoms with van der Waals surface area (Å²) in [4.78, 5) is 7.21. The number of rotatable bonds is 5. The van der Waals surface area contributed by atoms with Crippen LogP contribution in [-0.2, 0) is 6.18 Å². The molecule has 0 bridgehead atoms. The van der Waals surface area contributed by atoms with Crippen LogP contribution < -0.4 is 10.6 Å². The normalized spacial score (nSPS) is 11.4. The molecule has 24 heavy (non-hydrogen) atoms. The summed E-state index contributed by atoms with van der Waals surface area (Å²) in [5.41, 5.74) is -0.945. The third-order valence-electron chi connectivity index (χ3n) is 2.70. The summed E-state index contributed by atoms with van der Waals surface area (Å²) in [7, 11) is 0. The SMILES string of the molecule is OCCNc1nc(Nc2cc(Cl)c(O)c(Cl)c2)cc(C(F)(F)F)n1. The lowest BCUT2D eigenvalue weighted by molar-refractivity contribution is -0.141. The minimum absolute atomic E-state index is 0.0163. The average molecular weight is 383 g/mol. The zero-order chi connectivity index (χ0) is 17.9. The summed E-state index contributed by atoms with van der Waals surface area (Å²) >= 11 is 11.5. The maximum atomic E-state index is 12.9. The molecule has 6 nitrogen and oxygen atoms in total. The van der Waals surface area contributed by atoms with Crippen LogP contribution in [0.3, 0.4) is 0 Å². The molecule has 0 saturated carbocycles. The van der Waals surface area contributed by atoms with E-state index in [2.05, 4.69) is 20.6 Å². The number of aromatic hydroxyl groups is 1. The fourth-order valence-corrected chi connectivity index (χ4v) is 2.18. The number of nitrogens with zero attached hydrogens (tertiary/aromatic N) is 2. The van der Waals surface area contributed by atoms with Crippen LogP contribution in [-0.4, -0.2) is 33.3 Å². The number of hydrogen-bond donors (Lipinski definition) is 4. The molecule has 0 fully saturated rings. The van der Waals surface area contributed by atoms with Gasteiger partial charge in [0.05, 0.1) is 16.7 Å². The first-order valence-electron chi connectivity index (χ1n) is 6.46. The number of phenols is 1. The van der Waals surface area contributed by atoms with Crippen LogP contribution in [0.5, 0.6) is 5.75 Å². The zero-order valence-electron chi connectivity index (χ0n) is 11.8. The van der Waals surface area contributed by atoms with Gasteiger partial charge in [-0.25, -0.2) is 4.98 Å². The second-order valence-electron chi connectivity index (χ2n) is 4.52. The van der Waals surface area contributed by atoms with Gasteiger partial charge in [0.15, 0.2) is 11.4 Å². The van der Waals surface area contributed by atoms with Gasteiger partial charge in [-0.1, -0.05) is 23.2 Å². The molecule has 0 aliphatic rings. The molecule has 11 heteroatoms. The number of benzene rings is 1. The van der Waals surface area contributed by atoms with E-state index in [0.717, 1.165) is 0 Å². The van der Waals surface area contributed by atoms with E-state index in [1.54, 1.807) is 0 Å². The van der Waals surface area contributed by atoms with Crippen molar-refractivity contribution in [2.45, 2.75) is 6.18 Å². The van der Waals surface area contributed by atoms with E-state index in [1.165, 1.54) is 12.1 Å². The van der Waals surface area contributed by atoms with Gasteiger partial charge < -0.3 is 20.8 Å². The number of phenolic OH excluding ortho intramolecular Hbond substituents is 1. The summed E-state index contributed by atoms with van der Waals surface area (Å²) in [6, 6.07) is 3.26. The standard InChI is InChI=1S/C13H11Cl2F3N4O2/c14-7-3-6(4-8(15)11(7)24)20-10-5-9(13(16,17)18)21-12(22-10)19-1-2-23/h3-5,23-24H,1-2H2,(H2,19,20,21,22). The Balaban J connectivity index is 2.38. The predicted molar refractivity (Wildman–Crippen MR) is 84.0 cm³/mol. The van der Waals surface area contributed by atoms with Gasteiger partial charge in [0, 0.05) is 18.3 Å². The molecule has 0 amide bonds. The lowest BCUT2D eigenvalue weighted by atomic mass is 10.3. The highest BCUT2D eigenvalue weighted by Crippen LogP contribution is 2.36. The van der Waals surface area contributed by atoms with Crippen molar-refractivity contribution in [2.24, 2.45) is 0 Å². The van der Waals surface area contributed by atoms with Gasteiger partial charge in [0.1, 0.15) is 5.82 Å². The van der Waals surface area contributed by atoms with Crippen molar-refractivity contribution in [3.05, 3.63) is 33.9 Å². The molecule has 4 N–H and O–H groups in total. The van der Waals surface area contributed by atoms with Crippen LogP contribution in [0.15, 0.2) is 18.2 Å². The van der Waals surface area contributed by atoms with Crippen molar-refractivity contribution in [3.63, 3.8) is 0 Å². The van der Waals surface area contributed by atoms with Crippen molar-refractivity contribution >= 4 is 40.7 Å². The molecule has 0 aliphatic heterocycles. The Hall–Kier alpha value is -1.97. The summed E-state index contributed by atoms with van der Waals surface area (Å²) in [6.07, 6.45) is -4.68. The Morgan fingerprint density at radius 3 is 2.25 bits per heavy atom. The first-order valence-corrected chi connectivity index (χ1v) is 7.22. The Morgan fingerprint density at radius 1 is 1.08 bits per heavy atom. The number of hydrogen-bond acceptors (Lipinski definition) is 6. The van der Waals surface area contributed by atoms with Crippen molar-refractivity contribution < 1.29 is 23.4 Å². The van der Waals surface area contributed by atoms with Crippen molar-refractivity contribution in [3.8, 4) is 5.75 Å². The van der Waals surface area contributed by atoms with Crippen LogP contribution in [0.1, 0.15) is 5.69 Å². The molecule has 130 valence electrons. The highest BCUT2D eigenvalue weighted by molar-refractivity contribution is 6.37. The molecule has 1 aromatic carbocycles. The topological polar surface area (TPSA) is 90.3 Å². The van der Waals surface area contributed by atoms with E-state index < -0.39 is 11.9 Å². The van der Waals surface area contributed by atoms with E-state index in [1.807, 2.05) is 0 Å². The second-order valence-corrected chi connectivity index (χ2v) is 5.34. The molecule has 1 aromatic heterocycles. The van der Waals surface area contributed by atoms with Crippen LogP contribution in [0, 0.1) is 0 Å². The number of halogens is 5. The highest BCUT2D eigenvalue weighted by atomic mass is 35.5. The van der Waals surface area contributed by atoms with Gasteiger partial charge in [-0.05, 0) is 12.1 Å². The molecule has 0 saturated heterocycles. The van der Waals surface area contributed by atoms with E-state index in [9.17, 15) is 18.3 Å². The molecular formula is C13H11Cl2F3N4O2. The number of anilines is 3. The van der Waals surface area contributed by atoms with Gasteiger partial charge >= 0.3 is 6.18 Å². The lowest BCUT2D eigenvalue weighted by Crippen LogP contribution is -2.15. The minimum atomic E-state index is -4.68. The largest absolute Gasteiger partial charge is 0.505 e. The second kappa shape index (κ2) is 7.29. The highest BCUT2D eigenvalue weighted by Gasteiger charge is 2.33. The zero-order valence-corrected chi connectivity index (χ0v) is 13.3. The van der Waals surface area contributed by atoms with Crippen LogP contribution >= 0.6 is 23.2 Å². The van der Waals surface area contributed by atoms with Gasteiger partial charge in [-0.3, -0.25) is 0 Å². The number of nitrogens with one attached hydrogen (secondary N) is 2. The first-order chi connectivity index (χ1) is 11.2. The summed E-state index contributed by atoms with van der Waals surface area (Å²) in [6.45, 7) is -0.316. The van der Waals surface area contributed by atoms with Crippen molar-refractivity contribution in [1.29, 1.82) is 0 Å². The quantitative estimate of drug-likeness (QED) is 0.590. The summed E-state index contributed by atoms with van der Waals surface area (Å²) in [5, 5.41) is 23.1. The Morgan fingerprint density at radius 2 is 1.71 bits per heavy atom. The molecule has 0 unspecified atom stereocenters. The molecule has 1 heterocycles. The maximum absolute atomic E-state index is 12.9. The Bertz CT molecular complexity index is 721. The third-order valence-corrected chi connectivity index (χ3v) is 3.28. The van der Waals surface area contributed by atoms with Crippen LogP contribution in [0.25, 0.3) is 0 Å². The fraction of sp³-hybridized carbons (Fsp3) is 0.231. The Labute approximate surface area is 144 Å². The number of alkyl halides is 3. The van der Waals surface area contributed by atoms with Gasteiger partial charge in [0.2, 0.25) is 5.95 Å². The van der Waals surface area contributed by atoms with E-state index >= 15 is 0 Å². The Kier molecular flexibility index (Phi) is 5.58. The monoisotopic (exact) mass is 382 g/mol. The van der Waals surface area contributed by atoms with E-state index in [4.69, 9.17) is 28.3 Å². The number of aliphatic hydroxyl groups excluding tert-OH is 1. The van der Waals surface area contributed by atoms with Crippen molar-refractivity contribution in [2.75, 3.05) is 23.8 Å². The number of aromatic nitrogens is 2. The van der Waals surface area contributed by atoms with Crippen LogP contribution in [0.2, 0.25) is 10.0 Å². The molecule has 0 spiro atoms. The van der Waals surface area contributed by atoms with Crippen LogP contribution in [0.4, 0.5) is 30.6 Å². The lowest BCUT2D eigenvalue weighted by Gasteiger charge is -2.13. The average Bonchev–Trinajstić information content (AvgIpc) is 2.49. The van der Waals surface area contributed by atoms with E-state index in [-0.39, 0.29) is 46.4 Å². The molecule has 0 aliphatic carbocycles. The molecule has 2 aromatic rings. The van der Waals surface area contributed by atoms with Gasteiger partial charge in [-0.15, -0.1) is 0 Å². The molecule has 2 rings (SSSR count). The summed E-state index contributed by atoms with van der Waals surface area (Å²) < 4.78 is 38.8.